The van der Waals surface area contributed by atoms with Gasteiger partial charge in [0, 0.05) is 11.5 Å². The van der Waals surface area contributed by atoms with Gasteiger partial charge in [0.2, 0.25) is 0 Å². The summed E-state index contributed by atoms with van der Waals surface area (Å²) in [4.78, 5) is 16.5. The number of nitrogens with one attached hydrogen (secondary N) is 2. The van der Waals surface area contributed by atoms with E-state index in [4.69, 9.17) is 0 Å². The fourth-order valence-electron chi connectivity index (χ4n) is 2.83. The third-order valence-corrected chi connectivity index (χ3v) is 4.18. The van der Waals surface area contributed by atoms with Gasteiger partial charge in [-0.2, -0.15) is 0 Å². The minimum atomic E-state index is -0.230. The van der Waals surface area contributed by atoms with E-state index in [1.165, 1.54) is 6.33 Å². The van der Waals surface area contributed by atoms with Crippen molar-refractivity contribution >= 4 is 17.0 Å². The Labute approximate surface area is 124 Å². The van der Waals surface area contributed by atoms with Crippen LogP contribution in [0.1, 0.15) is 46.4 Å². The highest BCUT2D eigenvalue weighted by molar-refractivity contribution is 5.82. The standard InChI is InChI=1S/C15H23N5O/c1-8-5-9(6-10(8)21)18-12-11-13(17-7-16-12)20-14(19-11)15(2,3)4/h7-10,21H,5-6H2,1-4H3,(H2,16,17,18,19,20)/t8-,9+,10-/m0/s1. The first-order chi connectivity index (χ1) is 9.84. The molecule has 2 aromatic rings. The Hall–Kier alpha value is -1.69. The van der Waals surface area contributed by atoms with Crippen LogP contribution in [0.25, 0.3) is 11.2 Å². The summed E-state index contributed by atoms with van der Waals surface area (Å²) >= 11 is 0. The molecule has 1 aliphatic carbocycles. The van der Waals surface area contributed by atoms with E-state index in [1.807, 2.05) is 0 Å². The molecular formula is C15H23N5O. The van der Waals surface area contributed by atoms with Gasteiger partial charge in [0.15, 0.2) is 11.5 Å². The number of nitrogens with zero attached hydrogens (tertiary/aromatic N) is 3. The molecule has 0 bridgehead atoms. The number of hydrogen-bond acceptors (Lipinski definition) is 5. The molecular weight excluding hydrogens is 266 g/mol. The van der Waals surface area contributed by atoms with Crippen LogP contribution in [0.3, 0.4) is 0 Å². The van der Waals surface area contributed by atoms with Crippen molar-refractivity contribution in [2.24, 2.45) is 5.92 Å². The number of aromatic amines is 1. The van der Waals surface area contributed by atoms with Crippen LogP contribution in [0.5, 0.6) is 0 Å². The summed E-state index contributed by atoms with van der Waals surface area (Å²) in [5.74, 6) is 2.00. The number of H-pyrrole nitrogens is 1. The normalized spacial score (nSPS) is 26.4. The molecule has 0 saturated heterocycles. The van der Waals surface area contributed by atoms with E-state index in [1.54, 1.807) is 0 Å². The molecule has 3 rings (SSSR count). The fraction of sp³-hybridized carbons (Fsp3) is 0.667. The first-order valence-electron chi connectivity index (χ1n) is 7.50. The van der Waals surface area contributed by atoms with Gasteiger partial charge in [0.05, 0.1) is 6.10 Å². The van der Waals surface area contributed by atoms with Crippen molar-refractivity contribution in [1.82, 2.24) is 19.9 Å². The largest absolute Gasteiger partial charge is 0.393 e. The number of fused-ring (bicyclic) bond motifs is 1. The van der Waals surface area contributed by atoms with Crippen LogP contribution in [0.15, 0.2) is 6.33 Å². The zero-order chi connectivity index (χ0) is 15.2. The fourth-order valence-corrected chi connectivity index (χ4v) is 2.83. The van der Waals surface area contributed by atoms with Crippen LogP contribution in [0, 0.1) is 5.92 Å². The van der Waals surface area contributed by atoms with Crippen LogP contribution in [0.2, 0.25) is 0 Å². The maximum absolute atomic E-state index is 9.88. The van der Waals surface area contributed by atoms with Crippen molar-refractivity contribution in [3.8, 4) is 0 Å². The van der Waals surface area contributed by atoms with Crippen molar-refractivity contribution in [2.75, 3.05) is 5.32 Å². The van der Waals surface area contributed by atoms with E-state index in [0.29, 0.717) is 11.6 Å². The second kappa shape index (κ2) is 4.94. The minimum Gasteiger partial charge on any atom is -0.393 e. The highest BCUT2D eigenvalue weighted by atomic mass is 16.3. The number of aliphatic hydroxyl groups excluding tert-OH is 1. The minimum absolute atomic E-state index is 0.0595. The van der Waals surface area contributed by atoms with Gasteiger partial charge in [0.1, 0.15) is 17.7 Å². The summed E-state index contributed by atoms with van der Waals surface area (Å²) < 4.78 is 0. The maximum atomic E-state index is 9.88. The summed E-state index contributed by atoms with van der Waals surface area (Å²) in [5, 5.41) is 13.3. The molecule has 1 fully saturated rings. The Morgan fingerprint density at radius 2 is 2.05 bits per heavy atom. The predicted octanol–water partition coefficient (Wildman–Crippen LogP) is 2.22. The van der Waals surface area contributed by atoms with Crippen molar-refractivity contribution < 1.29 is 5.11 Å². The van der Waals surface area contributed by atoms with E-state index >= 15 is 0 Å². The van der Waals surface area contributed by atoms with E-state index < -0.39 is 0 Å². The molecule has 6 heteroatoms. The van der Waals surface area contributed by atoms with E-state index in [2.05, 4.69) is 52.9 Å². The molecule has 1 saturated carbocycles. The Kier molecular flexibility index (Phi) is 3.36. The molecule has 6 nitrogen and oxygen atoms in total. The summed E-state index contributed by atoms with van der Waals surface area (Å²) in [7, 11) is 0. The summed E-state index contributed by atoms with van der Waals surface area (Å²) in [5.41, 5.74) is 1.47. The lowest BCUT2D eigenvalue weighted by Crippen LogP contribution is -2.17. The second-order valence-electron chi connectivity index (χ2n) is 7.11. The van der Waals surface area contributed by atoms with Crippen LogP contribution in [-0.4, -0.2) is 37.2 Å². The van der Waals surface area contributed by atoms with Gasteiger partial charge in [-0.05, 0) is 18.8 Å². The molecule has 0 amide bonds. The van der Waals surface area contributed by atoms with Gasteiger partial charge in [-0.1, -0.05) is 27.7 Å². The third-order valence-electron chi connectivity index (χ3n) is 4.18. The van der Waals surface area contributed by atoms with E-state index in [9.17, 15) is 5.11 Å². The molecule has 114 valence electrons. The van der Waals surface area contributed by atoms with Crippen molar-refractivity contribution in [1.29, 1.82) is 0 Å². The molecule has 0 spiro atoms. The quantitative estimate of drug-likeness (QED) is 0.789. The Morgan fingerprint density at radius 1 is 1.29 bits per heavy atom. The predicted molar refractivity (Wildman–Crippen MR) is 82.2 cm³/mol. The second-order valence-corrected chi connectivity index (χ2v) is 7.11. The molecule has 0 aliphatic heterocycles. The molecule has 2 aromatic heterocycles. The summed E-state index contributed by atoms with van der Waals surface area (Å²) in [6, 6.07) is 0.245. The molecule has 21 heavy (non-hydrogen) atoms. The first kappa shape index (κ1) is 14.3. The van der Waals surface area contributed by atoms with E-state index in [0.717, 1.165) is 30.0 Å². The smallest absolute Gasteiger partial charge is 0.183 e. The van der Waals surface area contributed by atoms with Gasteiger partial charge >= 0.3 is 0 Å². The zero-order valence-corrected chi connectivity index (χ0v) is 13.0. The number of hydrogen-bond donors (Lipinski definition) is 3. The lowest BCUT2D eigenvalue weighted by atomic mass is 9.96. The Morgan fingerprint density at radius 3 is 2.67 bits per heavy atom. The van der Waals surface area contributed by atoms with Gasteiger partial charge in [-0.25, -0.2) is 15.0 Å². The lowest BCUT2D eigenvalue weighted by Gasteiger charge is -2.14. The number of rotatable bonds is 2. The molecule has 3 N–H and O–H groups in total. The molecule has 3 atom stereocenters. The number of aromatic nitrogens is 4. The summed E-state index contributed by atoms with van der Waals surface area (Å²) in [6.45, 7) is 8.41. The lowest BCUT2D eigenvalue weighted by molar-refractivity contribution is 0.141. The number of imidazole rings is 1. The average Bonchev–Trinajstić information content (AvgIpc) is 2.94. The first-order valence-corrected chi connectivity index (χ1v) is 7.50. The maximum Gasteiger partial charge on any atom is 0.183 e. The highest BCUT2D eigenvalue weighted by Gasteiger charge is 2.30. The van der Waals surface area contributed by atoms with Crippen LogP contribution in [-0.2, 0) is 5.41 Å². The molecule has 2 heterocycles. The molecule has 0 aromatic carbocycles. The number of anilines is 1. The molecule has 1 aliphatic rings. The van der Waals surface area contributed by atoms with Crippen molar-refractivity contribution in [3.63, 3.8) is 0 Å². The van der Waals surface area contributed by atoms with Gasteiger partial charge in [-0.3, -0.25) is 0 Å². The monoisotopic (exact) mass is 289 g/mol. The van der Waals surface area contributed by atoms with Gasteiger partial charge < -0.3 is 15.4 Å². The molecule has 0 radical (unpaired) electrons. The highest BCUT2D eigenvalue weighted by Crippen LogP contribution is 2.30. The Bertz CT molecular complexity index is 635. The molecule has 0 unspecified atom stereocenters. The summed E-state index contributed by atoms with van der Waals surface area (Å²) in [6.07, 6.45) is 3.01. The Balaban J connectivity index is 1.90. The van der Waals surface area contributed by atoms with Gasteiger partial charge in [-0.15, -0.1) is 0 Å². The topological polar surface area (TPSA) is 86.7 Å². The van der Waals surface area contributed by atoms with Crippen LogP contribution >= 0.6 is 0 Å². The van der Waals surface area contributed by atoms with Crippen molar-refractivity contribution in [2.45, 2.75) is 58.1 Å². The SMILES string of the molecule is C[C@H]1C[C@@H](Nc2ncnc3nc(C(C)(C)C)[nH]c23)C[C@@H]1O. The van der Waals surface area contributed by atoms with Crippen LogP contribution in [0.4, 0.5) is 5.82 Å². The average molecular weight is 289 g/mol. The van der Waals surface area contributed by atoms with E-state index in [-0.39, 0.29) is 17.6 Å². The van der Waals surface area contributed by atoms with Gasteiger partial charge in [0.25, 0.3) is 0 Å². The third kappa shape index (κ3) is 2.72. The van der Waals surface area contributed by atoms with Crippen LogP contribution < -0.4 is 5.32 Å². The number of aliphatic hydroxyl groups is 1. The van der Waals surface area contributed by atoms with Crippen molar-refractivity contribution in [3.05, 3.63) is 12.2 Å². The zero-order valence-electron chi connectivity index (χ0n) is 13.0.